The van der Waals surface area contributed by atoms with E-state index in [4.69, 9.17) is 4.74 Å². The van der Waals surface area contributed by atoms with Crippen molar-refractivity contribution in [2.75, 3.05) is 20.3 Å². The molecule has 102 valence electrons. The van der Waals surface area contributed by atoms with Gasteiger partial charge in [-0.2, -0.15) is 0 Å². The van der Waals surface area contributed by atoms with Gasteiger partial charge in [-0.15, -0.1) is 0 Å². The molecule has 0 heterocycles. The van der Waals surface area contributed by atoms with Gasteiger partial charge in [0, 0.05) is 12.1 Å². The zero-order valence-corrected chi connectivity index (χ0v) is 11.7. The zero-order valence-electron chi connectivity index (χ0n) is 11.7. The van der Waals surface area contributed by atoms with Crippen LogP contribution in [0, 0.1) is 5.92 Å². The fraction of sp³-hybridized carbons (Fsp3) is 1.00. The lowest BCUT2D eigenvalue weighted by atomic mass is 9.84. The summed E-state index contributed by atoms with van der Waals surface area (Å²) in [5, 5.41) is 12.5. The Labute approximate surface area is 106 Å². The lowest BCUT2D eigenvalue weighted by Gasteiger charge is -2.33. The molecular weight excluding hydrogens is 214 g/mol. The molecule has 0 bridgehead atoms. The largest absolute Gasteiger partial charge is 0.394 e. The standard InChI is InChI=1S/C14H29NO2/c1-4-12-7-5-6-8-13(12)17-10-9-14(2,11-16)15-3/h12-13,15-16H,4-11H2,1-3H3. The van der Waals surface area contributed by atoms with Gasteiger partial charge in [0.05, 0.1) is 12.7 Å². The minimum absolute atomic E-state index is 0.161. The van der Waals surface area contributed by atoms with Crippen LogP contribution < -0.4 is 5.32 Å². The minimum Gasteiger partial charge on any atom is -0.394 e. The Bertz CT molecular complexity index is 204. The lowest BCUT2D eigenvalue weighted by molar-refractivity contribution is -0.0227. The van der Waals surface area contributed by atoms with Crippen molar-refractivity contribution >= 4 is 0 Å². The number of aliphatic hydroxyl groups is 1. The number of nitrogens with one attached hydrogen (secondary N) is 1. The number of hydrogen-bond donors (Lipinski definition) is 2. The van der Waals surface area contributed by atoms with E-state index in [1.165, 1.54) is 32.1 Å². The highest BCUT2D eigenvalue weighted by atomic mass is 16.5. The Morgan fingerprint density at radius 3 is 2.65 bits per heavy atom. The van der Waals surface area contributed by atoms with Crippen molar-refractivity contribution in [1.29, 1.82) is 0 Å². The van der Waals surface area contributed by atoms with Crippen molar-refractivity contribution < 1.29 is 9.84 Å². The third kappa shape index (κ3) is 4.57. The molecule has 0 saturated heterocycles. The Morgan fingerprint density at radius 1 is 1.35 bits per heavy atom. The molecule has 1 aliphatic rings. The smallest absolute Gasteiger partial charge is 0.0611 e. The second kappa shape index (κ2) is 7.34. The van der Waals surface area contributed by atoms with Crippen molar-refractivity contribution in [3.8, 4) is 0 Å². The molecule has 0 amide bonds. The normalized spacial score (nSPS) is 28.9. The highest BCUT2D eigenvalue weighted by Crippen LogP contribution is 2.29. The molecule has 1 saturated carbocycles. The van der Waals surface area contributed by atoms with E-state index in [2.05, 4.69) is 12.2 Å². The summed E-state index contributed by atoms with van der Waals surface area (Å²) in [4.78, 5) is 0. The molecule has 3 heteroatoms. The van der Waals surface area contributed by atoms with E-state index in [1.54, 1.807) is 0 Å². The summed E-state index contributed by atoms with van der Waals surface area (Å²) < 4.78 is 6.03. The summed E-state index contributed by atoms with van der Waals surface area (Å²) in [6.45, 7) is 5.21. The molecule has 0 aliphatic heterocycles. The summed E-state index contributed by atoms with van der Waals surface area (Å²) in [6, 6.07) is 0. The van der Waals surface area contributed by atoms with Crippen molar-refractivity contribution in [2.24, 2.45) is 5.92 Å². The maximum atomic E-state index is 9.30. The van der Waals surface area contributed by atoms with Crippen LogP contribution in [0.4, 0.5) is 0 Å². The third-order valence-electron chi connectivity index (χ3n) is 4.30. The number of likely N-dealkylation sites (N-methyl/N-ethyl adjacent to an activating group) is 1. The maximum absolute atomic E-state index is 9.30. The molecular formula is C14H29NO2. The average Bonchev–Trinajstić information content (AvgIpc) is 2.39. The predicted molar refractivity (Wildman–Crippen MR) is 71.2 cm³/mol. The summed E-state index contributed by atoms with van der Waals surface area (Å²) in [6.07, 6.45) is 7.76. The molecule has 0 radical (unpaired) electrons. The topological polar surface area (TPSA) is 41.5 Å². The van der Waals surface area contributed by atoms with E-state index in [0.29, 0.717) is 6.10 Å². The minimum atomic E-state index is -0.198. The van der Waals surface area contributed by atoms with Gasteiger partial charge >= 0.3 is 0 Å². The summed E-state index contributed by atoms with van der Waals surface area (Å²) in [5.74, 6) is 0.749. The molecule has 3 atom stereocenters. The maximum Gasteiger partial charge on any atom is 0.0611 e. The first kappa shape index (κ1) is 14.9. The molecule has 0 aromatic carbocycles. The van der Waals surface area contributed by atoms with Gasteiger partial charge in [0.2, 0.25) is 0 Å². The van der Waals surface area contributed by atoms with Gasteiger partial charge in [-0.05, 0) is 39.2 Å². The highest BCUT2D eigenvalue weighted by molar-refractivity contribution is 4.81. The lowest BCUT2D eigenvalue weighted by Crippen LogP contribution is -2.44. The zero-order chi connectivity index (χ0) is 12.7. The summed E-state index contributed by atoms with van der Waals surface area (Å²) in [7, 11) is 1.89. The van der Waals surface area contributed by atoms with Gasteiger partial charge < -0.3 is 15.2 Å². The molecule has 0 aromatic rings. The van der Waals surface area contributed by atoms with Crippen LogP contribution in [0.2, 0.25) is 0 Å². The molecule has 3 unspecified atom stereocenters. The highest BCUT2D eigenvalue weighted by Gasteiger charge is 2.26. The number of aliphatic hydroxyl groups excluding tert-OH is 1. The molecule has 1 aliphatic carbocycles. The SMILES string of the molecule is CCC1CCCCC1OCCC(C)(CO)NC. The van der Waals surface area contributed by atoms with Crippen molar-refractivity contribution in [3.63, 3.8) is 0 Å². The molecule has 1 rings (SSSR count). The first-order chi connectivity index (χ1) is 8.15. The molecule has 1 fully saturated rings. The van der Waals surface area contributed by atoms with E-state index in [9.17, 15) is 5.11 Å². The van der Waals surface area contributed by atoms with Gasteiger partial charge in [0.25, 0.3) is 0 Å². The number of rotatable bonds is 7. The van der Waals surface area contributed by atoms with Crippen LogP contribution >= 0.6 is 0 Å². The van der Waals surface area contributed by atoms with Gasteiger partial charge in [-0.1, -0.05) is 26.2 Å². The van der Waals surface area contributed by atoms with Gasteiger partial charge in [0.15, 0.2) is 0 Å². The van der Waals surface area contributed by atoms with E-state index < -0.39 is 0 Å². The molecule has 3 nitrogen and oxygen atoms in total. The van der Waals surface area contributed by atoms with Crippen LogP contribution in [0.3, 0.4) is 0 Å². The third-order valence-corrected chi connectivity index (χ3v) is 4.30. The monoisotopic (exact) mass is 243 g/mol. The van der Waals surface area contributed by atoms with Crippen molar-refractivity contribution in [2.45, 2.75) is 64.0 Å². The Hall–Kier alpha value is -0.120. The van der Waals surface area contributed by atoms with Crippen LogP contribution in [0.5, 0.6) is 0 Å². The quantitative estimate of drug-likeness (QED) is 0.721. The van der Waals surface area contributed by atoms with E-state index in [1.807, 2.05) is 14.0 Å². The molecule has 17 heavy (non-hydrogen) atoms. The summed E-state index contributed by atoms with van der Waals surface area (Å²) >= 11 is 0. The first-order valence-electron chi connectivity index (χ1n) is 7.06. The van der Waals surface area contributed by atoms with Crippen LogP contribution in [0.1, 0.15) is 52.4 Å². The average molecular weight is 243 g/mol. The van der Waals surface area contributed by atoms with Gasteiger partial charge in [-0.25, -0.2) is 0 Å². The van der Waals surface area contributed by atoms with E-state index in [0.717, 1.165) is 18.9 Å². The fourth-order valence-electron chi connectivity index (χ4n) is 2.58. The van der Waals surface area contributed by atoms with Crippen LogP contribution in [0.25, 0.3) is 0 Å². The Morgan fingerprint density at radius 2 is 2.06 bits per heavy atom. The van der Waals surface area contributed by atoms with Crippen molar-refractivity contribution in [1.82, 2.24) is 5.32 Å². The Balaban J connectivity index is 2.29. The first-order valence-corrected chi connectivity index (χ1v) is 7.06. The Kier molecular flexibility index (Phi) is 6.45. The van der Waals surface area contributed by atoms with Crippen LogP contribution in [-0.4, -0.2) is 37.0 Å². The number of ether oxygens (including phenoxy) is 1. The summed E-state index contributed by atoms with van der Waals surface area (Å²) in [5.41, 5.74) is -0.198. The molecule has 2 N–H and O–H groups in total. The fourth-order valence-corrected chi connectivity index (χ4v) is 2.58. The predicted octanol–water partition coefficient (Wildman–Crippen LogP) is 2.33. The van der Waals surface area contributed by atoms with E-state index >= 15 is 0 Å². The van der Waals surface area contributed by atoms with Gasteiger partial charge in [0.1, 0.15) is 0 Å². The molecule has 0 spiro atoms. The number of hydrogen-bond acceptors (Lipinski definition) is 3. The van der Waals surface area contributed by atoms with Gasteiger partial charge in [-0.3, -0.25) is 0 Å². The second-order valence-corrected chi connectivity index (χ2v) is 5.58. The van der Waals surface area contributed by atoms with Crippen LogP contribution in [-0.2, 0) is 4.74 Å². The molecule has 0 aromatic heterocycles. The second-order valence-electron chi connectivity index (χ2n) is 5.58. The van der Waals surface area contributed by atoms with Crippen molar-refractivity contribution in [3.05, 3.63) is 0 Å². The van der Waals surface area contributed by atoms with Crippen LogP contribution in [0.15, 0.2) is 0 Å². The van der Waals surface area contributed by atoms with E-state index in [-0.39, 0.29) is 12.1 Å².